The van der Waals surface area contributed by atoms with Crippen LogP contribution in [0.1, 0.15) is 106 Å². The molecule has 1 rings (SSSR count). The summed E-state index contributed by atoms with van der Waals surface area (Å²) in [5.41, 5.74) is 5.84. The van der Waals surface area contributed by atoms with Crippen LogP contribution in [0.2, 0.25) is 0 Å². The van der Waals surface area contributed by atoms with Crippen molar-refractivity contribution >= 4 is 23.9 Å². The summed E-state index contributed by atoms with van der Waals surface area (Å²) in [6, 6.07) is 3.20. The highest BCUT2D eigenvalue weighted by Gasteiger charge is 2.30. The van der Waals surface area contributed by atoms with Crippen LogP contribution in [0.5, 0.6) is 11.5 Å². The number of rotatable bonds is 13. The van der Waals surface area contributed by atoms with Gasteiger partial charge in [0.2, 0.25) is 0 Å². The number of hydrogen-bond donors (Lipinski definition) is 2. The van der Waals surface area contributed by atoms with Crippen molar-refractivity contribution in [1.29, 1.82) is 0 Å². The molecule has 0 aromatic heterocycles. The zero-order valence-electron chi connectivity index (χ0n) is 25.0. The predicted octanol–water partition coefficient (Wildman–Crippen LogP) is 5.62. The van der Waals surface area contributed by atoms with E-state index in [1.54, 1.807) is 13.0 Å². The van der Waals surface area contributed by atoms with Crippen LogP contribution in [0.15, 0.2) is 18.2 Å². The fraction of sp³-hybridized carbons (Fsp3) is 0.667. The summed E-state index contributed by atoms with van der Waals surface area (Å²) < 4.78 is 16.7. The van der Waals surface area contributed by atoms with Crippen LogP contribution in [0, 0.1) is 16.7 Å². The maximum absolute atomic E-state index is 12.7. The highest BCUT2D eigenvalue weighted by Crippen LogP contribution is 2.36. The van der Waals surface area contributed by atoms with E-state index in [1.165, 1.54) is 12.1 Å². The van der Waals surface area contributed by atoms with Crippen LogP contribution in [0.3, 0.4) is 0 Å². The molecule has 3 N–H and O–H groups in total. The minimum Gasteiger partial charge on any atom is -0.480 e. The lowest BCUT2D eigenvalue weighted by Gasteiger charge is -2.26. The standard InChI is InChI=1S/C30H47NO8/c1-18(2)10-13-24(32)37-19(3)14-21(27(31)28(35)36)20-11-12-22(38-25(33)16-29(4,5)6)23(15-20)39-26(34)17-30(7,8)9/h11-12,15,18-19,21,27H,10,13-14,16-17,31H2,1-9H3,(H,35,36)/t19?,21?,27-/m0/s1. The molecule has 0 aliphatic rings. The molecule has 1 aromatic rings. The third-order valence-corrected chi connectivity index (χ3v) is 5.76. The van der Waals surface area contributed by atoms with E-state index in [0.29, 0.717) is 17.9 Å². The maximum Gasteiger partial charge on any atom is 0.321 e. The van der Waals surface area contributed by atoms with Gasteiger partial charge in [0.25, 0.3) is 0 Å². The van der Waals surface area contributed by atoms with Gasteiger partial charge in [-0.25, -0.2) is 0 Å². The molecule has 0 spiro atoms. The number of esters is 3. The Morgan fingerprint density at radius 3 is 1.82 bits per heavy atom. The first-order valence-corrected chi connectivity index (χ1v) is 13.5. The van der Waals surface area contributed by atoms with Crippen LogP contribution in [0.25, 0.3) is 0 Å². The number of carbonyl (C=O) groups is 4. The monoisotopic (exact) mass is 549 g/mol. The van der Waals surface area contributed by atoms with E-state index in [9.17, 15) is 24.3 Å². The normalized spacial score (nSPS) is 14.3. The van der Waals surface area contributed by atoms with Crippen LogP contribution in [-0.4, -0.2) is 41.1 Å². The van der Waals surface area contributed by atoms with Crippen molar-refractivity contribution in [3.8, 4) is 11.5 Å². The zero-order valence-corrected chi connectivity index (χ0v) is 25.0. The Morgan fingerprint density at radius 2 is 1.36 bits per heavy atom. The second kappa shape index (κ2) is 14.4. The van der Waals surface area contributed by atoms with Gasteiger partial charge >= 0.3 is 23.9 Å². The number of ether oxygens (including phenoxy) is 3. The summed E-state index contributed by atoms with van der Waals surface area (Å²) >= 11 is 0. The molecule has 0 aliphatic heterocycles. The van der Waals surface area contributed by atoms with Crippen molar-refractivity contribution < 1.29 is 38.5 Å². The first-order chi connectivity index (χ1) is 17.8. The molecule has 0 amide bonds. The number of nitrogens with two attached hydrogens (primary N) is 1. The molecule has 9 heteroatoms. The lowest BCUT2D eigenvalue weighted by atomic mass is 9.87. The predicted molar refractivity (Wildman–Crippen MR) is 148 cm³/mol. The smallest absolute Gasteiger partial charge is 0.321 e. The Labute approximate surface area is 232 Å². The van der Waals surface area contributed by atoms with Crippen molar-refractivity contribution in [3.63, 3.8) is 0 Å². The Balaban J connectivity index is 3.34. The summed E-state index contributed by atoms with van der Waals surface area (Å²) in [7, 11) is 0. The molecule has 1 aromatic carbocycles. The van der Waals surface area contributed by atoms with Crippen molar-refractivity contribution in [2.45, 2.75) is 112 Å². The van der Waals surface area contributed by atoms with Crippen molar-refractivity contribution in [2.75, 3.05) is 0 Å². The topological polar surface area (TPSA) is 142 Å². The molecule has 2 unspecified atom stereocenters. The van der Waals surface area contributed by atoms with Crippen molar-refractivity contribution in [3.05, 3.63) is 23.8 Å². The van der Waals surface area contributed by atoms with E-state index in [-0.39, 0.29) is 54.0 Å². The van der Waals surface area contributed by atoms with Crippen LogP contribution in [0.4, 0.5) is 0 Å². The number of benzene rings is 1. The van der Waals surface area contributed by atoms with E-state index >= 15 is 0 Å². The SMILES string of the molecule is CC(C)CCC(=O)OC(C)CC(c1ccc(OC(=O)CC(C)(C)C)c(OC(=O)CC(C)(C)C)c1)[C@H](N)C(=O)O. The Hall–Kier alpha value is -2.94. The number of carboxylic acid groups (broad SMARTS) is 1. The number of carboxylic acids is 1. The lowest BCUT2D eigenvalue weighted by Crippen LogP contribution is -2.38. The third-order valence-electron chi connectivity index (χ3n) is 5.76. The molecule has 220 valence electrons. The molecule has 0 aliphatic carbocycles. The van der Waals surface area contributed by atoms with Crippen molar-refractivity contribution in [2.24, 2.45) is 22.5 Å². The molecule has 0 heterocycles. The van der Waals surface area contributed by atoms with E-state index in [2.05, 4.69) is 0 Å². The van der Waals surface area contributed by atoms with Gasteiger partial charge in [-0.1, -0.05) is 61.5 Å². The number of hydrogen-bond acceptors (Lipinski definition) is 8. The average Bonchev–Trinajstić information content (AvgIpc) is 2.74. The summed E-state index contributed by atoms with van der Waals surface area (Å²) in [6.07, 6.45) is 0.697. The van der Waals surface area contributed by atoms with Crippen molar-refractivity contribution in [1.82, 2.24) is 0 Å². The molecule has 9 nitrogen and oxygen atoms in total. The lowest BCUT2D eigenvalue weighted by molar-refractivity contribution is -0.149. The largest absolute Gasteiger partial charge is 0.480 e. The van der Waals surface area contributed by atoms with Crippen LogP contribution in [-0.2, 0) is 23.9 Å². The van der Waals surface area contributed by atoms with Crippen LogP contribution >= 0.6 is 0 Å². The summed E-state index contributed by atoms with van der Waals surface area (Å²) in [5, 5.41) is 9.69. The Kier molecular flexibility index (Phi) is 12.6. The molecule has 3 atom stereocenters. The molecular formula is C30H47NO8. The Morgan fingerprint density at radius 1 is 0.846 bits per heavy atom. The number of carbonyl (C=O) groups excluding carboxylic acids is 3. The van der Waals surface area contributed by atoms with Gasteiger partial charge in [0.05, 0.1) is 18.9 Å². The first-order valence-electron chi connectivity index (χ1n) is 13.5. The van der Waals surface area contributed by atoms with Gasteiger partial charge in [-0.05, 0) is 54.2 Å². The van der Waals surface area contributed by atoms with Gasteiger partial charge in [-0.15, -0.1) is 0 Å². The second-order valence-electron chi connectivity index (χ2n) is 13.1. The van der Waals surface area contributed by atoms with Crippen LogP contribution < -0.4 is 15.2 Å². The van der Waals surface area contributed by atoms with Gasteiger partial charge in [-0.3, -0.25) is 19.2 Å². The fourth-order valence-corrected chi connectivity index (χ4v) is 3.86. The first kappa shape index (κ1) is 34.1. The van der Waals surface area contributed by atoms with E-state index in [4.69, 9.17) is 19.9 Å². The molecule has 0 saturated carbocycles. The maximum atomic E-state index is 12.7. The molecule has 39 heavy (non-hydrogen) atoms. The van der Waals surface area contributed by atoms with Gasteiger partial charge in [-0.2, -0.15) is 0 Å². The minimum absolute atomic E-state index is 0.00632. The average molecular weight is 550 g/mol. The zero-order chi connectivity index (χ0) is 30.1. The van der Waals surface area contributed by atoms with E-state index in [0.717, 1.165) is 0 Å². The highest BCUT2D eigenvalue weighted by molar-refractivity contribution is 5.78. The molecule has 0 saturated heterocycles. The molecular weight excluding hydrogens is 502 g/mol. The summed E-state index contributed by atoms with van der Waals surface area (Å²) in [5.74, 6) is -3.02. The molecule has 0 radical (unpaired) electrons. The molecule has 0 fully saturated rings. The van der Waals surface area contributed by atoms with E-state index in [1.807, 2.05) is 55.4 Å². The molecule has 0 bridgehead atoms. The number of aliphatic carboxylic acids is 1. The van der Waals surface area contributed by atoms with Gasteiger partial charge in [0.1, 0.15) is 6.04 Å². The summed E-state index contributed by atoms with van der Waals surface area (Å²) in [6.45, 7) is 17.1. The quantitative estimate of drug-likeness (QED) is 0.237. The summed E-state index contributed by atoms with van der Waals surface area (Å²) in [4.78, 5) is 49.3. The second-order valence-corrected chi connectivity index (χ2v) is 13.1. The van der Waals surface area contributed by atoms with E-state index < -0.39 is 36.0 Å². The Bertz CT molecular complexity index is 1000. The third kappa shape index (κ3) is 13.6. The van der Waals surface area contributed by atoms with Gasteiger partial charge < -0.3 is 25.1 Å². The highest BCUT2D eigenvalue weighted by atomic mass is 16.6. The van der Waals surface area contributed by atoms with Gasteiger partial charge in [0, 0.05) is 12.3 Å². The minimum atomic E-state index is -1.32. The van der Waals surface area contributed by atoms with Gasteiger partial charge in [0.15, 0.2) is 11.5 Å². The fourth-order valence-electron chi connectivity index (χ4n) is 3.86.